The minimum Gasteiger partial charge on any atom is -0.459 e. The summed E-state index contributed by atoms with van der Waals surface area (Å²) >= 11 is 0. The molecule has 2 amide bonds. The van der Waals surface area contributed by atoms with Crippen molar-refractivity contribution < 1.29 is 22.4 Å². The van der Waals surface area contributed by atoms with E-state index in [0.29, 0.717) is 24.5 Å². The standard InChI is InChI=1S/C18H20N4O5S/c1-12(20-18(24)15-7-4-10-27-15)17(23)21-13-5-2-6-14(11-13)28(25,26)22-16-8-3-9-19-16/h2,4-7,10-12H,3,8-9H2,1H3,(H,19,22)(H,20,24)(H,21,23)/t12-/m0/s1. The molecule has 1 aliphatic heterocycles. The van der Waals surface area contributed by atoms with E-state index in [1.807, 2.05) is 0 Å². The van der Waals surface area contributed by atoms with E-state index in [-0.39, 0.29) is 10.7 Å². The van der Waals surface area contributed by atoms with Crippen molar-refractivity contribution in [2.24, 2.45) is 4.99 Å². The number of carbonyl (C=O) groups is 2. The molecule has 0 radical (unpaired) electrons. The highest BCUT2D eigenvalue weighted by Crippen LogP contribution is 2.16. The summed E-state index contributed by atoms with van der Waals surface area (Å²) in [6, 6.07) is 8.04. The lowest BCUT2D eigenvalue weighted by molar-refractivity contribution is -0.117. The van der Waals surface area contributed by atoms with Gasteiger partial charge in [0.15, 0.2) is 5.76 Å². The van der Waals surface area contributed by atoms with Gasteiger partial charge in [-0.3, -0.25) is 19.3 Å². The monoisotopic (exact) mass is 404 g/mol. The van der Waals surface area contributed by atoms with Gasteiger partial charge in [0.1, 0.15) is 11.9 Å². The van der Waals surface area contributed by atoms with E-state index in [1.165, 1.54) is 37.5 Å². The third kappa shape index (κ3) is 4.77. The zero-order valence-electron chi connectivity index (χ0n) is 15.1. The Kier molecular flexibility index (Phi) is 5.78. The van der Waals surface area contributed by atoms with Crippen molar-refractivity contribution in [3.8, 4) is 0 Å². The molecule has 10 heteroatoms. The first-order chi connectivity index (χ1) is 13.3. The SMILES string of the molecule is C[C@H](NC(=O)c1ccco1)C(=O)Nc1cccc(S(=O)(=O)NC2=NCCC2)c1. The van der Waals surface area contributed by atoms with Gasteiger partial charge in [0.25, 0.3) is 15.9 Å². The number of benzene rings is 1. The number of amides is 2. The van der Waals surface area contributed by atoms with Gasteiger partial charge in [0.2, 0.25) is 5.91 Å². The highest BCUT2D eigenvalue weighted by molar-refractivity contribution is 7.90. The van der Waals surface area contributed by atoms with Gasteiger partial charge in [-0.2, -0.15) is 0 Å². The Hall–Kier alpha value is -3.14. The summed E-state index contributed by atoms with van der Waals surface area (Å²) in [5.74, 6) is -0.495. The van der Waals surface area contributed by atoms with Crippen molar-refractivity contribution in [3.05, 3.63) is 48.4 Å². The van der Waals surface area contributed by atoms with Crippen molar-refractivity contribution in [2.75, 3.05) is 11.9 Å². The quantitative estimate of drug-likeness (QED) is 0.672. The average molecular weight is 404 g/mol. The second-order valence-electron chi connectivity index (χ2n) is 6.23. The van der Waals surface area contributed by atoms with Crippen LogP contribution in [0.15, 0.2) is 57.0 Å². The van der Waals surface area contributed by atoms with Gasteiger partial charge in [-0.25, -0.2) is 8.42 Å². The molecule has 28 heavy (non-hydrogen) atoms. The van der Waals surface area contributed by atoms with Crippen molar-refractivity contribution in [1.82, 2.24) is 10.0 Å². The van der Waals surface area contributed by atoms with Gasteiger partial charge < -0.3 is 15.1 Å². The molecule has 0 aliphatic carbocycles. The van der Waals surface area contributed by atoms with Crippen LogP contribution in [0.2, 0.25) is 0 Å². The van der Waals surface area contributed by atoms with Crippen LogP contribution in [0, 0.1) is 0 Å². The lowest BCUT2D eigenvalue weighted by Gasteiger charge is -2.14. The minimum absolute atomic E-state index is 0.00664. The number of nitrogens with one attached hydrogen (secondary N) is 3. The van der Waals surface area contributed by atoms with E-state index in [1.54, 1.807) is 12.1 Å². The number of nitrogens with zero attached hydrogens (tertiary/aromatic N) is 1. The van der Waals surface area contributed by atoms with Gasteiger partial charge in [0.05, 0.1) is 11.2 Å². The number of amidine groups is 1. The lowest BCUT2D eigenvalue weighted by Crippen LogP contribution is -2.41. The largest absolute Gasteiger partial charge is 0.459 e. The molecule has 2 aromatic rings. The Labute approximate surface area is 162 Å². The molecule has 1 aliphatic rings. The lowest BCUT2D eigenvalue weighted by atomic mass is 10.2. The Morgan fingerprint density at radius 3 is 2.71 bits per heavy atom. The fourth-order valence-electron chi connectivity index (χ4n) is 2.57. The zero-order valence-corrected chi connectivity index (χ0v) is 16.0. The maximum atomic E-state index is 12.5. The molecule has 3 N–H and O–H groups in total. The highest BCUT2D eigenvalue weighted by atomic mass is 32.2. The summed E-state index contributed by atoms with van der Waals surface area (Å²) in [5, 5.41) is 5.10. The summed E-state index contributed by atoms with van der Waals surface area (Å²) in [7, 11) is -3.79. The molecule has 9 nitrogen and oxygen atoms in total. The minimum atomic E-state index is -3.79. The van der Waals surface area contributed by atoms with Crippen LogP contribution >= 0.6 is 0 Å². The average Bonchev–Trinajstić information content (AvgIpc) is 3.35. The third-order valence-corrected chi connectivity index (χ3v) is 5.40. The molecule has 1 aromatic heterocycles. The third-order valence-electron chi connectivity index (χ3n) is 4.02. The van der Waals surface area contributed by atoms with Crippen LogP contribution in [0.5, 0.6) is 0 Å². The summed E-state index contributed by atoms with van der Waals surface area (Å²) in [6.07, 6.45) is 2.76. The summed E-state index contributed by atoms with van der Waals surface area (Å²) < 4.78 is 32.4. The fourth-order valence-corrected chi connectivity index (χ4v) is 3.70. The smallest absolute Gasteiger partial charge is 0.287 e. The second kappa shape index (κ2) is 8.26. The van der Waals surface area contributed by atoms with E-state index < -0.39 is 27.9 Å². The van der Waals surface area contributed by atoms with Crippen LogP contribution in [0.1, 0.15) is 30.3 Å². The van der Waals surface area contributed by atoms with Crippen LogP contribution in [-0.4, -0.2) is 38.7 Å². The predicted molar refractivity (Wildman–Crippen MR) is 103 cm³/mol. The molecular weight excluding hydrogens is 384 g/mol. The van der Waals surface area contributed by atoms with E-state index in [2.05, 4.69) is 20.3 Å². The Bertz CT molecular complexity index is 999. The second-order valence-corrected chi connectivity index (χ2v) is 7.91. The van der Waals surface area contributed by atoms with Crippen molar-refractivity contribution in [2.45, 2.75) is 30.7 Å². The molecule has 3 rings (SSSR count). The Balaban J connectivity index is 1.65. The van der Waals surface area contributed by atoms with E-state index >= 15 is 0 Å². The Morgan fingerprint density at radius 2 is 2.04 bits per heavy atom. The summed E-state index contributed by atoms with van der Waals surface area (Å²) in [4.78, 5) is 28.4. The normalized spacial score (nSPS) is 14.8. The zero-order chi connectivity index (χ0) is 20.1. The van der Waals surface area contributed by atoms with Crippen molar-refractivity contribution >= 4 is 33.4 Å². The Morgan fingerprint density at radius 1 is 1.21 bits per heavy atom. The number of sulfonamides is 1. The molecule has 0 spiro atoms. The van der Waals surface area contributed by atoms with Gasteiger partial charge >= 0.3 is 0 Å². The molecule has 2 heterocycles. The van der Waals surface area contributed by atoms with Crippen LogP contribution in [-0.2, 0) is 14.8 Å². The van der Waals surface area contributed by atoms with Gasteiger partial charge in [-0.05, 0) is 43.7 Å². The first-order valence-electron chi connectivity index (χ1n) is 8.66. The van der Waals surface area contributed by atoms with E-state index in [9.17, 15) is 18.0 Å². The molecule has 0 saturated heterocycles. The van der Waals surface area contributed by atoms with Crippen molar-refractivity contribution in [3.63, 3.8) is 0 Å². The van der Waals surface area contributed by atoms with Gasteiger partial charge in [-0.15, -0.1) is 0 Å². The molecule has 148 valence electrons. The maximum absolute atomic E-state index is 12.5. The molecule has 1 aromatic carbocycles. The highest BCUT2D eigenvalue weighted by Gasteiger charge is 2.21. The van der Waals surface area contributed by atoms with Crippen LogP contribution in [0.4, 0.5) is 5.69 Å². The number of furan rings is 1. The maximum Gasteiger partial charge on any atom is 0.287 e. The number of anilines is 1. The van der Waals surface area contributed by atoms with Gasteiger partial charge in [0, 0.05) is 18.7 Å². The van der Waals surface area contributed by atoms with E-state index in [0.717, 1.165) is 6.42 Å². The molecule has 0 saturated carbocycles. The predicted octanol–water partition coefficient (Wildman–Crippen LogP) is 1.51. The molecular formula is C18H20N4O5S. The topological polar surface area (TPSA) is 130 Å². The summed E-state index contributed by atoms with van der Waals surface area (Å²) in [6.45, 7) is 2.12. The molecule has 0 fully saturated rings. The molecule has 1 atom stereocenters. The van der Waals surface area contributed by atoms with Gasteiger partial charge in [-0.1, -0.05) is 6.07 Å². The van der Waals surface area contributed by atoms with Crippen LogP contribution < -0.4 is 15.4 Å². The van der Waals surface area contributed by atoms with Crippen molar-refractivity contribution in [1.29, 1.82) is 0 Å². The molecule has 0 unspecified atom stereocenters. The van der Waals surface area contributed by atoms with Crippen LogP contribution in [0.25, 0.3) is 0 Å². The number of hydrogen-bond acceptors (Lipinski definition) is 6. The fraction of sp³-hybridized carbons (Fsp3) is 0.278. The van der Waals surface area contributed by atoms with E-state index in [4.69, 9.17) is 4.42 Å². The number of carbonyl (C=O) groups excluding carboxylic acids is 2. The summed E-state index contributed by atoms with van der Waals surface area (Å²) in [5.41, 5.74) is 0.292. The first-order valence-corrected chi connectivity index (χ1v) is 10.1. The molecule has 0 bridgehead atoms. The van der Waals surface area contributed by atoms with Crippen LogP contribution in [0.3, 0.4) is 0 Å². The number of hydrogen-bond donors (Lipinski definition) is 3. The number of rotatable bonds is 6. The number of aliphatic imine (C=N–C) groups is 1. The first kappa shape index (κ1) is 19.6.